The quantitative estimate of drug-likeness (QED) is 0.526. The minimum Gasteiger partial charge on any atom is -0.463 e. The number of para-hydroxylation sites is 1. The molecule has 1 N–H and O–H groups in total. The molecule has 1 aromatic heterocycles. The Bertz CT molecular complexity index is 715. The second kappa shape index (κ2) is 6.06. The molecule has 0 aliphatic heterocycles. The minimum atomic E-state index is -0.506. The van der Waals surface area contributed by atoms with Crippen LogP contribution in [0.3, 0.4) is 0 Å². The first-order valence-electron chi connectivity index (χ1n) is 6.25. The summed E-state index contributed by atoms with van der Waals surface area (Å²) >= 11 is 0. The van der Waals surface area contributed by atoms with Crippen molar-refractivity contribution in [2.24, 2.45) is 0 Å². The lowest BCUT2D eigenvalue weighted by Gasteiger charge is -2.07. The van der Waals surface area contributed by atoms with E-state index in [0.717, 1.165) is 5.39 Å². The lowest BCUT2D eigenvalue weighted by molar-refractivity contribution is -0.137. The average Bonchev–Trinajstić information content (AvgIpc) is 2.44. The molecule has 2 aromatic rings. The summed E-state index contributed by atoms with van der Waals surface area (Å²) in [6, 6.07) is 7.20. The molecule has 0 radical (unpaired) electrons. The van der Waals surface area contributed by atoms with E-state index in [4.69, 9.17) is 9.15 Å². The summed E-state index contributed by atoms with van der Waals surface area (Å²) < 4.78 is 10.0. The van der Waals surface area contributed by atoms with Crippen molar-refractivity contribution in [1.82, 2.24) is 0 Å². The lowest BCUT2D eigenvalue weighted by Crippen LogP contribution is -2.08. The van der Waals surface area contributed by atoms with E-state index in [1.807, 2.05) is 12.1 Å². The number of nitrogens with one attached hydrogen (secondary N) is 1. The molecule has 0 bridgehead atoms. The molecule has 0 aliphatic rings. The normalized spacial score (nSPS) is 10.9. The summed E-state index contributed by atoms with van der Waals surface area (Å²) in [5.41, 5.74) is 0.903. The Morgan fingerprint density at radius 2 is 2.15 bits per heavy atom. The number of fused-ring (bicyclic) bond motifs is 1. The Morgan fingerprint density at radius 3 is 2.85 bits per heavy atom. The summed E-state index contributed by atoms with van der Waals surface area (Å²) in [5, 5.41) is 3.75. The lowest BCUT2D eigenvalue weighted by atomic mass is 10.1. The predicted molar refractivity (Wildman–Crippen MR) is 77.7 cm³/mol. The van der Waals surface area contributed by atoms with Crippen molar-refractivity contribution in [2.75, 3.05) is 19.0 Å². The van der Waals surface area contributed by atoms with Crippen LogP contribution in [-0.2, 0) is 9.53 Å². The van der Waals surface area contributed by atoms with Gasteiger partial charge in [-0.2, -0.15) is 0 Å². The third-order valence-electron chi connectivity index (χ3n) is 2.77. The van der Waals surface area contributed by atoms with Crippen LogP contribution in [0.15, 0.2) is 39.6 Å². The molecule has 5 nitrogen and oxygen atoms in total. The Hall–Kier alpha value is -2.56. The molecule has 0 amide bonds. The van der Waals surface area contributed by atoms with E-state index in [2.05, 4.69) is 5.32 Å². The van der Waals surface area contributed by atoms with Crippen LogP contribution in [0.5, 0.6) is 0 Å². The Balaban J connectivity index is 2.55. The van der Waals surface area contributed by atoms with Gasteiger partial charge in [0.1, 0.15) is 5.58 Å². The number of hydrogen-bond donors (Lipinski definition) is 1. The van der Waals surface area contributed by atoms with E-state index >= 15 is 0 Å². The number of anilines is 1. The number of hydrogen-bond acceptors (Lipinski definition) is 5. The fourth-order valence-corrected chi connectivity index (χ4v) is 1.93. The molecule has 1 aromatic carbocycles. The zero-order valence-electron chi connectivity index (χ0n) is 11.3. The summed E-state index contributed by atoms with van der Waals surface area (Å²) in [5.74, 6) is -0.498. The molecule has 0 atom stereocenters. The first-order valence-corrected chi connectivity index (χ1v) is 6.25. The summed E-state index contributed by atoms with van der Waals surface area (Å²) in [6.45, 7) is 2.00. The molecular formula is C15H15NO4. The van der Waals surface area contributed by atoms with Crippen LogP contribution in [-0.4, -0.2) is 19.6 Å². The minimum absolute atomic E-state index is 0.286. The van der Waals surface area contributed by atoms with Gasteiger partial charge in [-0.15, -0.1) is 0 Å². The van der Waals surface area contributed by atoms with Gasteiger partial charge in [0.05, 0.1) is 17.9 Å². The van der Waals surface area contributed by atoms with Crippen molar-refractivity contribution in [3.8, 4) is 0 Å². The van der Waals surface area contributed by atoms with Gasteiger partial charge in [-0.05, 0) is 25.1 Å². The number of carbonyl (C=O) groups excluding carboxylic acids is 1. The highest BCUT2D eigenvalue weighted by Crippen LogP contribution is 2.25. The third-order valence-corrected chi connectivity index (χ3v) is 2.77. The topological polar surface area (TPSA) is 68.5 Å². The highest BCUT2D eigenvalue weighted by molar-refractivity contribution is 5.96. The number of esters is 1. The van der Waals surface area contributed by atoms with E-state index < -0.39 is 11.6 Å². The number of carbonyl (C=O) groups is 1. The van der Waals surface area contributed by atoms with Crippen LogP contribution in [0.4, 0.5) is 5.69 Å². The van der Waals surface area contributed by atoms with Crippen LogP contribution in [0.25, 0.3) is 17.0 Å². The number of rotatable bonds is 4. The monoisotopic (exact) mass is 273 g/mol. The fraction of sp³-hybridized carbons (Fsp3) is 0.200. The van der Waals surface area contributed by atoms with Crippen LogP contribution in [0.1, 0.15) is 12.5 Å². The molecule has 0 spiro atoms. The van der Waals surface area contributed by atoms with Gasteiger partial charge in [0.15, 0.2) is 0 Å². The average molecular weight is 273 g/mol. The molecule has 0 aliphatic carbocycles. The van der Waals surface area contributed by atoms with Crippen molar-refractivity contribution >= 4 is 28.7 Å². The summed E-state index contributed by atoms with van der Waals surface area (Å²) in [7, 11) is 1.71. The molecule has 104 valence electrons. The second-order valence-corrected chi connectivity index (χ2v) is 4.01. The Kier molecular flexibility index (Phi) is 4.20. The second-order valence-electron chi connectivity index (χ2n) is 4.01. The zero-order valence-corrected chi connectivity index (χ0v) is 11.3. The third kappa shape index (κ3) is 2.71. The summed E-state index contributed by atoms with van der Waals surface area (Å²) in [6.07, 6.45) is 2.62. The van der Waals surface area contributed by atoms with Crippen molar-refractivity contribution in [1.29, 1.82) is 0 Å². The molecule has 0 fully saturated rings. The Labute approximate surface area is 115 Å². The molecule has 0 unspecified atom stereocenters. The summed E-state index contributed by atoms with van der Waals surface area (Å²) in [4.78, 5) is 23.3. The van der Waals surface area contributed by atoms with Crippen LogP contribution in [0, 0.1) is 0 Å². The molecule has 0 saturated heterocycles. The first kappa shape index (κ1) is 13.9. The molecule has 20 heavy (non-hydrogen) atoms. The highest BCUT2D eigenvalue weighted by Gasteiger charge is 2.11. The largest absolute Gasteiger partial charge is 0.463 e. The van der Waals surface area contributed by atoms with Crippen LogP contribution in [0.2, 0.25) is 0 Å². The Morgan fingerprint density at radius 1 is 1.40 bits per heavy atom. The van der Waals surface area contributed by atoms with Gasteiger partial charge in [0.25, 0.3) is 0 Å². The van der Waals surface area contributed by atoms with Gasteiger partial charge in [-0.25, -0.2) is 9.59 Å². The number of benzene rings is 1. The van der Waals surface area contributed by atoms with E-state index in [-0.39, 0.29) is 6.61 Å². The predicted octanol–water partition coefficient (Wildman–Crippen LogP) is 2.41. The van der Waals surface area contributed by atoms with Gasteiger partial charge in [-0.3, -0.25) is 0 Å². The van der Waals surface area contributed by atoms with Crippen molar-refractivity contribution < 1.29 is 13.9 Å². The van der Waals surface area contributed by atoms with Gasteiger partial charge in [0.2, 0.25) is 0 Å². The maximum absolute atomic E-state index is 12.0. The van der Waals surface area contributed by atoms with E-state index in [1.54, 1.807) is 26.1 Å². The van der Waals surface area contributed by atoms with Gasteiger partial charge in [0, 0.05) is 18.5 Å². The zero-order chi connectivity index (χ0) is 14.5. The molecule has 0 saturated carbocycles. The standard InChI is InChI=1S/C15H15NO4/c1-3-19-13(17)9-8-11-14(16-2)10-6-4-5-7-12(10)20-15(11)18/h4-9,16H,3H2,1-2H3/b9-8+. The number of ether oxygens (including phenoxy) is 1. The fourth-order valence-electron chi connectivity index (χ4n) is 1.93. The highest BCUT2D eigenvalue weighted by atomic mass is 16.5. The molecule has 5 heteroatoms. The maximum atomic E-state index is 12.0. The molecule has 1 heterocycles. The van der Waals surface area contributed by atoms with Crippen LogP contribution >= 0.6 is 0 Å². The maximum Gasteiger partial charge on any atom is 0.345 e. The van der Waals surface area contributed by atoms with Crippen molar-refractivity contribution in [3.05, 3.63) is 46.3 Å². The van der Waals surface area contributed by atoms with Crippen molar-refractivity contribution in [3.63, 3.8) is 0 Å². The van der Waals surface area contributed by atoms with Gasteiger partial charge < -0.3 is 14.5 Å². The van der Waals surface area contributed by atoms with Gasteiger partial charge in [-0.1, -0.05) is 12.1 Å². The van der Waals surface area contributed by atoms with Gasteiger partial charge >= 0.3 is 11.6 Å². The van der Waals surface area contributed by atoms with E-state index in [9.17, 15) is 9.59 Å². The van der Waals surface area contributed by atoms with E-state index in [1.165, 1.54) is 12.2 Å². The van der Waals surface area contributed by atoms with Crippen molar-refractivity contribution in [2.45, 2.75) is 6.92 Å². The molecular weight excluding hydrogens is 258 g/mol. The van der Waals surface area contributed by atoms with E-state index in [0.29, 0.717) is 16.8 Å². The first-order chi connectivity index (χ1) is 9.67. The van der Waals surface area contributed by atoms with Crippen LogP contribution < -0.4 is 10.9 Å². The smallest absolute Gasteiger partial charge is 0.345 e. The SMILES string of the molecule is CCOC(=O)/C=C/c1c(NC)c2ccccc2oc1=O. The molecule has 2 rings (SSSR count).